The zero-order valence-corrected chi connectivity index (χ0v) is 17.5. The number of ether oxygens (including phenoxy) is 1. The molecule has 4 aromatic heterocycles. The standard InChI is InChI=1S/C21H24N8O.CH4/c1-12-11-30-10-9-29(12)21-25-19(16-6-8-23-18-15(16)5-7-22-18)24-20(26-21)17-13(2)27-28(4)14(17)3;/h5-8,12H,9-11H2,1-4H3,(H,22,23);1H4/t12-;/m1./s1. The molecular formula is C22H28N8O. The average molecular weight is 421 g/mol. The molecule has 0 bridgehead atoms. The number of nitrogens with zero attached hydrogens (tertiary/aromatic N) is 7. The van der Waals surface area contributed by atoms with Gasteiger partial charge >= 0.3 is 0 Å². The summed E-state index contributed by atoms with van der Waals surface area (Å²) in [4.78, 5) is 24.4. The third kappa shape index (κ3) is 3.54. The van der Waals surface area contributed by atoms with Crippen LogP contribution in [0.2, 0.25) is 0 Å². The summed E-state index contributed by atoms with van der Waals surface area (Å²) in [5.74, 6) is 1.93. The largest absolute Gasteiger partial charge is 0.377 e. The van der Waals surface area contributed by atoms with Crippen molar-refractivity contribution in [2.75, 3.05) is 24.7 Å². The Morgan fingerprint density at radius 2 is 1.94 bits per heavy atom. The summed E-state index contributed by atoms with van der Waals surface area (Å²) in [5.41, 5.74) is 4.60. The highest BCUT2D eigenvalue weighted by Crippen LogP contribution is 2.30. The molecule has 0 aliphatic carbocycles. The van der Waals surface area contributed by atoms with Crippen molar-refractivity contribution in [1.29, 1.82) is 0 Å². The highest BCUT2D eigenvalue weighted by atomic mass is 16.5. The maximum Gasteiger partial charge on any atom is 0.229 e. The third-order valence-corrected chi connectivity index (χ3v) is 5.68. The molecule has 31 heavy (non-hydrogen) atoms. The molecule has 9 heteroatoms. The molecule has 9 nitrogen and oxygen atoms in total. The quantitative estimate of drug-likeness (QED) is 0.543. The number of aryl methyl sites for hydroxylation is 2. The van der Waals surface area contributed by atoms with E-state index < -0.39 is 0 Å². The predicted molar refractivity (Wildman–Crippen MR) is 121 cm³/mol. The lowest BCUT2D eigenvalue weighted by Crippen LogP contribution is -2.44. The highest BCUT2D eigenvalue weighted by molar-refractivity contribution is 5.91. The monoisotopic (exact) mass is 420 g/mol. The van der Waals surface area contributed by atoms with Gasteiger partial charge in [-0.25, -0.2) is 9.97 Å². The Labute approximate surface area is 181 Å². The molecule has 4 aromatic rings. The summed E-state index contributed by atoms with van der Waals surface area (Å²) in [6.45, 7) is 8.19. The van der Waals surface area contributed by atoms with Crippen molar-refractivity contribution in [3.63, 3.8) is 0 Å². The zero-order chi connectivity index (χ0) is 20.8. The minimum absolute atomic E-state index is 0. The van der Waals surface area contributed by atoms with Gasteiger partial charge in [-0.2, -0.15) is 15.1 Å². The second-order valence-electron chi connectivity index (χ2n) is 7.67. The van der Waals surface area contributed by atoms with E-state index in [4.69, 9.17) is 19.7 Å². The van der Waals surface area contributed by atoms with Gasteiger partial charge < -0.3 is 14.6 Å². The van der Waals surface area contributed by atoms with Gasteiger partial charge in [0.05, 0.1) is 30.5 Å². The molecule has 5 heterocycles. The molecule has 0 unspecified atom stereocenters. The third-order valence-electron chi connectivity index (χ3n) is 5.68. The van der Waals surface area contributed by atoms with Crippen molar-refractivity contribution >= 4 is 17.0 Å². The second-order valence-corrected chi connectivity index (χ2v) is 7.67. The maximum atomic E-state index is 5.61. The van der Waals surface area contributed by atoms with Crippen molar-refractivity contribution in [2.24, 2.45) is 7.05 Å². The van der Waals surface area contributed by atoms with E-state index in [1.807, 2.05) is 43.9 Å². The first kappa shape index (κ1) is 20.9. The normalized spacial score (nSPS) is 16.5. The summed E-state index contributed by atoms with van der Waals surface area (Å²) in [6, 6.07) is 4.13. The lowest BCUT2D eigenvalue weighted by Gasteiger charge is -2.33. The van der Waals surface area contributed by atoms with Crippen LogP contribution in [0, 0.1) is 13.8 Å². The summed E-state index contributed by atoms with van der Waals surface area (Å²) in [6.07, 6.45) is 3.65. The molecule has 0 saturated carbocycles. The van der Waals surface area contributed by atoms with Gasteiger partial charge in [-0.1, -0.05) is 7.43 Å². The van der Waals surface area contributed by atoms with Crippen molar-refractivity contribution in [3.05, 3.63) is 35.9 Å². The summed E-state index contributed by atoms with van der Waals surface area (Å²) < 4.78 is 7.48. The fourth-order valence-corrected chi connectivity index (χ4v) is 4.00. The van der Waals surface area contributed by atoms with Crippen LogP contribution < -0.4 is 4.90 Å². The minimum Gasteiger partial charge on any atom is -0.377 e. The molecule has 0 aromatic carbocycles. The first-order valence-corrected chi connectivity index (χ1v) is 10.1. The molecule has 0 spiro atoms. The molecule has 5 rings (SSSR count). The SMILES string of the molecule is C.Cc1nn(C)c(C)c1-c1nc(-c2ccnc3[nH]ccc23)nc(N2CCOC[C@H]2C)n1. The molecule has 1 saturated heterocycles. The van der Waals surface area contributed by atoms with E-state index in [9.17, 15) is 0 Å². The van der Waals surface area contributed by atoms with E-state index in [-0.39, 0.29) is 13.5 Å². The zero-order valence-electron chi connectivity index (χ0n) is 17.5. The van der Waals surface area contributed by atoms with E-state index in [1.165, 1.54) is 0 Å². The minimum atomic E-state index is 0. The van der Waals surface area contributed by atoms with E-state index >= 15 is 0 Å². The van der Waals surface area contributed by atoms with Crippen LogP contribution in [0.5, 0.6) is 0 Å². The average Bonchev–Trinajstić information content (AvgIpc) is 3.32. The van der Waals surface area contributed by atoms with Crippen molar-refractivity contribution < 1.29 is 4.74 Å². The Balaban J connectivity index is 0.00000231. The Morgan fingerprint density at radius 3 is 2.68 bits per heavy atom. The molecule has 0 amide bonds. The van der Waals surface area contributed by atoms with Gasteiger partial charge in [0.2, 0.25) is 5.95 Å². The van der Waals surface area contributed by atoms with Gasteiger partial charge in [0, 0.05) is 42.6 Å². The maximum absolute atomic E-state index is 5.61. The molecule has 1 aliphatic heterocycles. The summed E-state index contributed by atoms with van der Waals surface area (Å²) in [5, 5.41) is 5.54. The van der Waals surface area contributed by atoms with Crippen LogP contribution in [0.1, 0.15) is 25.7 Å². The van der Waals surface area contributed by atoms with Gasteiger partial charge in [0.25, 0.3) is 0 Å². The number of hydrogen-bond donors (Lipinski definition) is 1. The van der Waals surface area contributed by atoms with Crippen molar-refractivity contribution in [3.8, 4) is 22.8 Å². The number of rotatable bonds is 3. The van der Waals surface area contributed by atoms with Crippen LogP contribution in [-0.4, -0.2) is 60.5 Å². The summed E-state index contributed by atoms with van der Waals surface area (Å²) >= 11 is 0. The van der Waals surface area contributed by atoms with Gasteiger partial charge in [-0.3, -0.25) is 4.68 Å². The number of H-pyrrole nitrogens is 1. The van der Waals surface area contributed by atoms with Crippen molar-refractivity contribution in [1.82, 2.24) is 34.7 Å². The van der Waals surface area contributed by atoms with Crippen LogP contribution in [0.15, 0.2) is 24.5 Å². The van der Waals surface area contributed by atoms with Gasteiger partial charge in [-0.15, -0.1) is 0 Å². The van der Waals surface area contributed by atoms with E-state index in [2.05, 4.69) is 26.9 Å². The highest BCUT2D eigenvalue weighted by Gasteiger charge is 2.25. The number of morpholine rings is 1. The fourth-order valence-electron chi connectivity index (χ4n) is 4.00. The lowest BCUT2D eigenvalue weighted by atomic mass is 10.1. The Bertz CT molecular complexity index is 1230. The fraction of sp³-hybridized carbons (Fsp3) is 0.409. The summed E-state index contributed by atoms with van der Waals surface area (Å²) in [7, 11) is 1.94. The van der Waals surface area contributed by atoms with Crippen LogP contribution >= 0.6 is 0 Å². The number of aromatic nitrogens is 7. The molecular weight excluding hydrogens is 392 g/mol. The van der Waals surface area contributed by atoms with E-state index in [0.717, 1.165) is 40.1 Å². The second kappa shape index (κ2) is 8.07. The van der Waals surface area contributed by atoms with Crippen molar-refractivity contribution in [2.45, 2.75) is 34.2 Å². The first-order valence-electron chi connectivity index (χ1n) is 10.1. The molecule has 1 N–H and O–H groups in total. The van der Waals surface area contributed by atoms with Crippen LogP contribution in [-0.2, 0) is 11.8 Å². The smallest absolute Gasteiger partial charge is 0.229 e. The number of fused-ring (bicyclic) bond motifs is 1. The molecule has 1 fully saturated rings. The molecule has 0 radical (unpaired) electrons. The Morgan fingerprint density at radius 1 is 1.13 bits per heavy atom. The van der Waals surface area contributed by atoms with Crippen LogP contribution in [0.4, 0.5) is 5.95 Å². The van der Waals surface area contributed by atoms with E-state index in [1.54, 1.807) is 6.20 Å². The topological polar surface area (TPSA) is 97.6 Å². The van der Waals surface area contributed by atoms with Crippen LogP contribution in [0.25, 0.3) is 33.8 Å². The van der Waals surface area contributed by atoms with Gasteiger partial charge in [-0.05, 0) is 32.9 Å². The Kier molecular flexibility index (Phi) is 5.45. The first-order chi connectivity index (χ1) is 14.5. The predicted octanol–water partition coefficient (Wildman–Crippen LogP) is 3.29. The van der Waals surface area contributed by atoms with Gasteiger partial charge in [0.15, 0.2) is 11.6 Å². The number of anilines is 1. The van der Waals surface area contributed by atoms with E-state index in [0.29, 0.717) is 30.8 Å². The Hall–Kier alpha value is -3.33. The van der Waals surface area contributed by atoms with Gasteiger partial charge in [0.1, 0.15) is 5.65 Å². The molecule has 1 aliphatic rings. The number of hydrogen-bond acceptors (Lipinski definition) is 7. The number of nitrogens with one attached hydrogen (secondary N) is 1. The number of pyridine rings is 1. The molecule has 162 valence electrons. The number of aromatic amines is 1. The van der Waals surface area contributed by atoms with Crippen LogP contribution in [0.3, 0.4) is 0 Å². The molecule has 1 atom stereocenters. The lowest BCUT2D eigenvalue weighted by molar-refractivity contribution is 0.0981.